The van der Waals surface area contributed by atoms with E-state index in [0.717, 1.165) is 5.92 Å². The maximum atomic E-state index is 3.36. The van der Waals surface area contributed by atoms with Crippen LogP contribution in [0.25, 0.3) is 0 Å². The molecule has 0 fully saturated rings. The van der Waals surface area contributed by atoms with Crippen LogP contribution in [0.3, 0.4) is 0 Å². The maximum absolute atomic E-state index is 3.36. The quantitative estimate of drug-likeness (QED) is 0.633. The summed E-state index contributed by atoms with van der Waals surface area (Å²) in [5, 5.41) is 3.36. The van der Waals surface area contributed by atoms with Crippen molar-refractivity contribution in [1.82, 2.24) is 10.2 Å². The summed E-state index contributed by atoms with van der Waals surface area (Å²) in [7, 11) is 6.30. The number of nitrogens with zero attached hydrogens (tertiary/aromatic N) is 1. The number of hydrogen-bond donors (Lipinski definition) is 1. The van der Waals surface area contributed by atoms with E-state index in [0.29, 0.717) is 6.04 Å². The minimum atomic E-state index is 0.659. The summed E-state index contributed by atoms with van der Waals surface area (Å²) in [6.45, 7) is 5.72. The SMILES string of the molecule is CNC(CSCCN(C)C)C(C)C. The second-order valence-corrected chi connectivity index (χ2v) is 5.17. The Hall–Kier alpha value is 0.270. The van der Waals surface area contributed by atoms with Crippen molar-refractivity contribution in [2.75, 3.05) is 39.2 Å². The van der Waals surface area contributed by atoms with Crippen molar-refractivity contribution in [3.8, 4) is 0 Å². The normalized spacial score (nSPS) is 14.1. The zero-order valence-electron chi connectivity index (χ0n) is 9.63. The molecule has 1 unspecified atom stereocenters. The molecule has 1 atom stereocenters. The fraction of sp³-hybridized carbons (Fsp3) is 1.00. The van der Waals surface area contributed by atoms with Gasteiger partial charge in [-0.25, -0.2) is 0 Å². The Kier molecular flexibility index (Phi) is 7.81. The summed E-state index contributed by atoms with van der Waals surface area (Å²) >= 11 is 2.04. The molecule has 3 heteroatoms. The van der Waals surface area contributed by atoms with Crippen molar-refractivity contribution in [2.45, 2.75) is 19.9 Å². The molecule has 0 rings (SSSR count). The van der Waals surface area contributed by atoms with E-state index in [1.165, 1.54) is 18.1 Å². The summed E-state index contributed by atoms with van der Waals surface area (Å²) in [5.74, 6) is 3.19. The van der Waals surface area contributed by atoms with Crippen molar-refractivity contribution in [2.24, 2.45) is 5.92 Å². The third-order valence-corrected chi connectivity index (χ3v) is 3.22. The van der Waals surface area contributed by atoms with Crippen LogP contribution in [0.4, 0.5) is 0 Å². The third-order valence-electron chi connectivity index (χ3n) is 2.16. The van der Waals surface area contributed by atoms with Gasteiger partial charge in [0.05, 0.1) is 0 Å². The van der Waals surface area contributed by atoms with Gasteiger partial charge in [-0.2, -0.15) is 11.8 Å². The number of thioether (sulfide) groups is 1. The Morgan fingerprint density at radius 3 is 2.31 bits per heavy atom. The lowest BCUT2D eigenvalue weighted by atomic mass is 10.1. The molecule has 2 nitrogen and oxygen atoms in total. The molecule has 13 heavy (non-hydrogen) atoms. The third kappa shape index (κ3) is 7.35. The van der Waals surface area contributed by atoms with Gasteiger partial charge in [-0.3, -0.25) is 0 Å². The smallest absolute Gasteiger partial charge is 0.0178 e. The van der Waals surface area contributed by atoms with Crippen molar-refractivity contribution >= 4 is 11.8 Å². The zero-order valence-corrected chi connectivity index (χ0v) is 10.4. The molecule has 0 amide bonds. The Balaban J connectivity index is 3.39. The van der Waals surface area contributed by atoms with Crippen LogP contribution < -0.4 is 5.32 Å². The topological polar surface area (TPSA) is 15.3 Å². The molecule has 0 saturated carbocycles. The molecule has 0 aromatic carbocycles. The van der Waals surface area contributed by atoms with Crippen molar-refractivity contribution < 1.29 is 0 Å². The van der Waals surface area contributed by atoms with Crippen molar-refractivity contribution in [3.05, 3.63) is 0 Å². The number of nitrogens with one attached hydrogen (secondary N) is 1. The average Bonchev–Trinajstić information content (AvgIpc) is 2.03. The molecule has 0 heterocycles. The van der Waals surface area contributed by atoms with Gasteiger partial charge in [0.1, 0.15) is 0 Å². The first kappa shape index (κ1) is 13.3. The van der Waals surface area contributed by atoms with Crippen LogP contribution in [0.15, 0.2) is 0 Å². The monoisotopic (exact) mass is 204 g/mol. The van der Waals surface area contributed by atoms with Crippen LogP contribution in [-0.4, -0.2) is 50.1 Å². The van der Waals surface area contributed by atoms with E-state index in [9.17, 15) is 0 Å². The lowest BCUT2D eigenvalue weighted by molar-refractivity contribution is 0.436. The van der Waals surface area contributed by atoms with Gasteiger partial charge in [0, 0.05) is 24.1 Å². The molecular weight excluding hydrogens is 180 g/mol. The fourth-order valence-electron chi connectivity index (χ4n) is 1.07. The van der Waals surface area contributed by atoms with Gasteiger partial charge in [0.25, 0.3) is 0 Å². The van der Waals surface area contributed by atoms with E-state index in [2.05, 4.69) is 45.2 Å². The largest absolute Gasteiger partial charge is 0.316 e. The standard InChI is InChI=1S/C10H24N2S/c1-9(2)10(11-3)8-13-7-6-12(4)5/h9-11H,6-8H2,1-5H3. The first-order chi connectivity index (χ1) is 6.07. The van der Waals surface area contributed by atoms with E-state index >= 15 is 0 Å². The first-order valence-corrected chi connectivity index (χ1v) is 6.13. The molecule has 0 radical (unpaired) electrons. The Labute approximate surface area is 87.5 Å². The molecular formula is C10H24N2S. The van der Waals surface area contributed by atoms with E-state index in [1.807, 2.05) is 11.8 Å². The first-order valence-electron chi connectivity index (χ1n) is 4.97. The zero-order chi connectivity index (χ0) is 10.3. The van der Waals surface area contributed by atoms with Crippen LogP contribution in [-0.2, 0) is 0 Å². The highest BCUT2D eigenvalue weighted by molar-refractivity contribution is 7.99. The average molecular weight is 204 g/mol. The van der Waals surface area contributed by atoms with Gasteiger partial charge in [-0.1, -0.05) is 13.8 Å². The van der Waals surface area contributed by atoms with Crippen LogP contribution >= 0.6 is 11.8 Å². The molecule has 0 aliphatic carbocycles. The molecule has 0 aromatic heterocycles. The minimum absolute atomic E-state index is 0.659. The highest BCUT2D eigenvalue weighted by atomic mass is 32.2. The summed E-state index contributed by atoms with van der Waals surface area (Å²) in [4.78, 5) is 2.23. The molecule has 1 N–H and O–H groups in total. The minimum Gasteiger partial charge on any atom is -0.316 e. The lowest BCUT2D eigenvalue weighted by Gasteiger charge is -2.20. The predicted molar refractivity (Wildman–Crippen MR) is 63.6 cm³/mol. The Bertz CT molecular complexity index is 115. The van der Waals surface area contributed by atoms with Crippen LogP contribution in [0, 0.1) is 5.92 Å². The highest BCUT2D eigenvalue weighted by Crippen LogP contribution is 2.09. The molecule has 0 aromatic rings. The van der Waals surface area contributed by atoms with E-state index in [4.69, 9.17) is 0 Å². The van der Waals surface area contributed by atoms with Crippen molar-refractivity contribution in [1.29, 1.82) is 0 Å². The Morgan fingerprint density at radius 1 is 1.31 bits per heavy atom. The molecule has 0 aliphatic heterocycles. The summed E-state index contributed by atoms with van der Waals surface area (Å²) < 4.78 is 0. The van der Waals surface area contributed by atoms with Gasteiger partial charge in [-0.05, 0) is 27.1 Å². The summed E-state index contributed by atoms with van der Waals surface area (Å²) in [6.07, 6.45) is 0. The van der Waals surface area contributed by atoms with Crippen LogP contribution in [0.1, 0.15) is 13.8 Å². The second-order valence-electron chi connectivity index (χ2n) is 4.02. The van der Waals surface area contributed by atoms with E-state index in [-0.39, 0.29) is 0 Å². The van der Waals surface area contributed by atoms with Crippen molar-refractivity contribution in [3.63, 3.8) is 0 Å². The molecule has 80 valence electrons. The maximum Gasteiger partial charge on any atom is 0.0178 e. The van der Waals surface area contributed by atoms with E-state index < -0.39 is 0 Å². The molecule has 0 saturated heterocycles. The highest BCUT2D eigenvalue weighted by Gasteiger charge is 2.09. The predicted octanol–water partition coefficient (Wildman–Crippen LogP) is 1.53. The van der Waals surface area contributed by atoms with Gasteiger partial charge in [-0.15, -0.1) is 0 Å². The number of rotatable bonds is 7. The summed E-state index contributed by atoms with van der Waals surface area (Å²) in [5.41, 5.74) is 0. The van der Waals surface area contributed by atoms with Gasteiger partial charge < -0.3 is 10.2 Å². The van der Waals surface area contributed by atoms with Gasteiger partial charge in [0.15, 0.2) is 0 Å². The molecule has 0 spiro atoms. The Morgan fingerprint density at radius 2 is 1.92 bits per heavy atom. The second kappa shape index (κ2) is 7.65. The van der Waals surface area contributed by atoms with Crippen LogP contribution in [0.2, 0.25) is 0 Å². The lowest BCUT2D eigenvalue weighted by Crippen LogP contribution is -2.33. The van der Waals surface area contributed by atoms with E-state index in [1.54, 1.807) is 0 Å². The molecule has 0 bridgehead atoms. The summed E-state index contributed by atoms with van der Waals surface area (Å²) in [6, 6.07) is 0.659. The molecule has 0 aliphatic rings. The van der Waals surface area contributed by atoms with Gasteiger partial charge >= 0.3 is 0 Å². The van der Waals surface area contributed by atoms with Gasteiger partial charge in [0.2, 0.25) is 0 Å². The fourth-order valence-corrected chi connectivity index (χ4v) is 2.53. The number of hydrogen-bond acceptors (Lipinski definition) is 3. The van der Waals surface area contributed by atoms with Crippen LogP contribution in [0.5, 0.6) is 0 Å².